The number of anilines is 1. The van der Waals surface area contributed by atoms with Gasteiger partial charge in [0.25, 0.3) is 0 Å². The minimum absolute atomic E-state index is 0.213. The van der Waals surface area contributed by atoms with E-state index in [0.29, 0.717) is 6.04 Å². The Morgan fingerprint density at radius 3 is 2.48 bits per heavy atom. The smallest absolute Gasteiger partial charge is 0.118 e. The molecule has 0 radical (unpaired) electrons. The molecule has 2 nitrogen and oxygen atoms in total. The van der Waals surface area contributed by atoms with E-state index in [-0.39, 0.29) is 5.41 Å². The molecular formula is C19H23NO. The van der Waals surface area contributed by atoms with Crippen molar-refractivity contribution in [1.82, 2.24) is 0 Å². The highest BCUT2D eigenvalue weighted by atomic mass is 16.5. The van der Waals surface area contributed by atoms with Crippen LogP contribution in [0.25, 0.3) is 0 Å². The molecule has 1 unspecified atom stereocenters. The third-order valence-corrected chi connectivity index (χ3v) is 4.56. The second-order valence-electron chi connectivity index (χ2n) is 6.44. The fourth-order valence-electron chi connectivity index (χ4n) is 3.19. The average molecular weight is 281 g/mol. The standard InChI is InChI=1S/C19H23NO/c1-19(2)13-12-17(14-8-10-15(21-3)11-9-14)20-18-7-5-4-6-16(18)19/h4-11,17,20H,12-13H2,1-3H3. The maximum atomic E-state index is 5.25. The second kappa shape index (κ2) is 5.44. The van der Waals surface area contributed by atoms with Crippen LogP contribution in [0.3, 0.4) is 0 Å². The molecule has 1 aliphatic heterocycles. The van der Waals surface area contributed by atoms with E-state index in [1.165, 1.54) is 23.2 Å². The Morgan fingerprint density at radius 1 is 1.05 bits per heavy atom. The van der Waals surface area contributed by atoms with Gasteiger partial charge in [-0.05, 0) is 47.6 Å². The molecule has 0 aliphatic carbocycles. The fourth-order valence-corrected chi connectivity index (χ4v) is 3.19. The van der Waals surface area contributed by atoms with Gasteiger partial charge in [-0.2, -0.15) is 0 Å². The predicted octanol–water partition coefficient (Wildman–Crippen LogP) is 4.92. The normalized spacial score (nSPS) is 20.0. The molecule has 0 aromatic heterocycles. The average Bonchev–Trinajstić information content (AvgIpc) is 2.64. The zero-order valence-corrected chi connectivity index (χ0v) is 13.0. The second-order valence-corrected chi connectivity index (χ2v) is 6.44. The zero-order valence-electron chi connectivity index (χ0n) is 13.0. The molecule has 0 amide bonds. The monoisotopic (exact) mass is 281 g/mol. The van der Waals surface area contributed by atoms with Crippen LogP contribution in [0.15, 0.2) is 48.5 Å². The van der Waals surface area contributed by atoms with Gasteiger partial charge >= 0.3 is 0 Å². The van der Waals surface area contributed by atoms with E-state index < -0.39 is 0 Å². The maximum absolute atomic E-state index is 5.25. The zero-order chi connectivity index (χ0) is 14.9. The highest BCUT2D eigenvalue weighted by Crippen LogP contribution is 2.41. The van der Waals surface area contributed by atoms with Crippen LogP contribution < -0.4 is 10.1 Å². The lowest BCUT2D eigenvalue weighted by atomic mass is 9.80. The van der Waals surface area contributed by atoms with Gasteiger partial charge in [0, 0.05) is 5.69 Å². The number of ether oxygens (including phenoxy) is 1. The van der Waals surface area contributed by atoms with Gasteiger partial charge < -0.3 is 10.1 Å². The van der Waals surface area contributed by atoms with Gasteiger partial charge in [0.15, 0.2) is 0 Å². The first-order valence-corrected chi connectivity index (χ1v) is 7.60. The molecule has 2 heteroatoms. The summed E-state index contributed by atoms with van der Waals surface area (Å²) >= 11 is 0. The van der Waals surface area contributed by atoms with E-state index in [0.717, 1.165) is 12.2 Å². The minimum atomic E-state index is 0.213. The van der Waals surface area contributed by atoms with Crippen LogP contribution in [0.2, 0.25) is 0 Å². The number of rotatable bonds is 2. The number of benzene rings is 2. The first kappa shape index (κ1) is 14.0. The predicted molar refractivity (Wildman–Crippen MR) is 88.1 cm³/mol. The molecule has 0 bridgehead atoms. The van der Waals surface area contributed by atoms with Crippen molar-refractivity contribution in [2.75, 3.05) is 12.4 Å². The lowest BCUT2D eigenvalue weighted by Gasteiger charge is -2.24. The van der Waals surface area contributed by atoms with Crippen molar-refractivity contribution in [3.63, 3.8) is 0 Å². The Balaban J connectivity index is 1.93. The van der Waals surface area contributed by atoms with Gasteiger partial charge in [-0.3, -0.25) is 0 Å². The summed E-state index contributed by atoms with van der Waals surface area (Å²) in [4.78, 5) is 0. The molecular weight excluding hydrogens is 258 g/mol. The van der Waals surface area contributed by atoms with E-state index >= 15 is 0 Å². The third-order valence-electron chi connectivity index (χ3n) is 4.56. The maximum Gasteiger partial charge on any atom is 0.118 e. The Bertz CT molecular complexity index is 616. The van der Waals surface area contributed by atoms with E-state index in [1.54, 1.807) is 7.11 Å². The van der Waals surface area contributed by atoms with Crippen molar-refractivity contribution in [1.29, 1.82) is 0 Å². The molecule has 2 aromatic rings. The highest BCUT2D eigenvalue weighted by Gasteiger charge is 2.29. The van der Waals surface area contributed by atoms with E-state index in [4.69, 9.17) is 4.74 Å². The Labute approximate surface area is 127 Å². The summed E-state index contributed by atoms with van der Waals surface area (Å²) in [5.41, 5.74) is 4.22. The van der Waals surface area contributed by atoms with Crippen LogP contribution in [0.4, 0.5) is 5.69 Å². The minimum Gasteiger partial charge on any atom is -0.497 e. The summed E-state index contributed by atoms with van der Waals surface area (Å²) in [6, 6.07) is 17.5. The van der Waals surface area contributed by atoms with Gasteiger partial charge in [-0.25, -0.2) is 0 Å². The summed E-state index contributed by atoms with van der Waals surface area (Å²) in [5, 5.41) is 3.73. The van der Waals surface area contributed by atoms with Gasteiger partial charge in [-0.1, -0.05) is 44.2 Å². The van der Waals surface area contributed by atoms with Crippen LogP contribution in [0.1, 0.15) is 43.9 Å². The van der Waals surface area contributed by atoms with Crippen LogP contribution in [-0.4, -0.2) is 7.11 Å². The molecule has 1 atom stereocenters. The topological polar surface area (TPSA) is 21.3 Å². The summed E-state index contributed by atoms with van der Waals surface area (Å²) in [7, 11) is 1.71. The highest BCUT2D eigenvalue weighted by molar-refractivity contribution is 5.56. The molecule has 3 rings (SSSR count). The van der Waals surface area contributed by atoms with Gasteiger partial charge in [0.1, 0.15) is 5.75 Å². The third kappa shape index (κ3) is 2.76. The van der Waals surface area contributed by atoms with Crippen molar-refractivity contribution in [3.05, 3.63) is 59.7 Å². The van der Waals surface area contributed by atoms with Crippen LogP contribution >= 0.6 is 0 Å². The number of fused-ring (bicyclic) bond motifs is 1. The number of para-hydroxylation sites is 1. The quantitative estimate of drug-likeness (QED) is 0.843. The number of methoxy groups -OCH3 is 1. The first-order valence-electron chi connectivity index (χ1n) is 7.60. The molecule has 110 valence electrons. The fraction of sp³-hybridized carbons (Fsp3) is 0.368. The molecule has 0 saturated carbocycles. The Morgan fingerprint density at radius 2 is 1.76 bits per heavy atom. The van der Waals surface area contributed by atoms with Crippen LogP contribution in [0, 0.1) is 0 Å². The van der Waals surface area contributed by atoms with Gasteiger partial charge in [0.05, 0.1) is 13.2 Å². The van der Waals surface area contributed by atoms with Crippen molar-refractivity contribution in [2.45, 2.75) is 38.1 Å². The van der Waals surface area contributed by atoms with E-state index in [9.17, 15) is 0 Å². The lowest BCUT2D eigenvalue weighted by Crippen LogP contribution is -2.16. The Hall–Kier alpha value is -1.96. The van der Waals surface area contributed by atoms with Crippen LogP contribution in [0.5, 0.6) is 5.75 Å². The number of nitrogens with one attached hydrogen (secondary N) is 1. The summed E-state index contributed by atoms with van der Waals surface area (Å²) < 4.78 is 5.25. The summed E-state index contributed by atoms with van der Waals surface area (Å²) in [5.74, 6) is 0.910. The van der Waals surface area contributed by atoms with Crippen molar-refractivity contribution in [2.24, 2.45) is 0 Å². The molecule has 1 N–H and O–H groups in total. The van der Waals surface area contributed by atoms with Crippen LogP contribution in [-0.2, 0) is 5.41 Å². The van der Waals surface area contributed by atoms with Crippen molar-refractivity contribution < 1.29 is 4.74 Å². The first-order chi connectivity index (χ1) is 10.1. The van der Waals surface area contributed by atoms with E-state index in [2.05, 4.69) is 55.6 Å². The molecule has 1 aliphatic rings. The molecule has 0 fully saturated rings. The van der Waals surface area contributed by atoms with Crippen molar-refractivity contribution >= 4 is 5.69 Å². The largest absolute Gasteiger partial charge is 0.497 e. The number of hydrogen-bond acceptors (Lipinski definition) is 2. The summed E-state index contributed by atoms with van der Waals surface area (Å²) in [6.45, 7) is 4.67. The van der Waals surface area contributed by atoms with E-state index in [1.807, 2.05) is 12.1 Å². The molecule has 21 heavy (non-hydrogen) atoms. The lowest BCUT2D eigenvalue weighted by molar-refractivity contribution is 0.414. The molecule has 0 saturated heterocycles. The number of hydrogen-bond donors (Lipinski definition) is 1. The van der Waals surface area contributed by atoms with Crippen molar-refractivity contribution in [3.8, 4) is 5.75 Å². The van der Waals surface area contributed by atoms with Gasteiger partial charge in [-0.15, -0.1) is 0 Å². The summed E-state index contributed by atoms with van der Waals surface area (Å²) in [6.07, 6.45) is 2.31. The molecule has 2 aromatic carbocycles. The van der Waals surface area contributed by atoms with Gasteiger partial charge in [0.2, 0.25) is 0 Å². The Kier molecular flexibility index (Phi) is 3.62. The molecule has 0 spiro atoms. The SMILES string of the molecule is COc1ccc(C2CCC(C)(C)c3ccccc3N2)cc1. The molecule has 1 heterocycles.